The molecule has 10 heteroatoms. The number of ether oxygens (including phenoxy) is 1. The van der Waals surface area contributed by atoms with Crippen LogP contribution in [0.15, 0.2) is 53.0 Å². The second-order valence-corrected chi connectivity index (χ2v) is 10.7. The number of carbonyl (C=O) groups is 2. The van der Waals surface area contributed by atoms with Gasteiger partial charge in [0.1, 0.15) is 18.3 Å². The third-order valence-corrected chi connectivity index (χ3v) is 7.08. The largest absolute Gasteiger partial charge is 0.497 e. The molecular weight excluding hydrogens is 522 g/mol. The van der Waals surface area contributed by atoms with Crippen molar-refractivity contribution in [2.45, 2.75) is 39.3 Å². The van der Waals surface area contributed by atoms with Crippen LogP contribution in [-0.4, -0.2) is 57.6 Å². The summed E-state index contributed by atoms with van der Waals surface area (Å²) in [5, 5.41) is 2.85. The van der Waals surface area contributed by atoms with Gasteiger partial charge in [0, 0.05) is 17.6 Å². The maximum Gasteiger partial charge on any atom is 0.244 e. The Morgan fingerprint density at radius 1 is 1.15 bits per heavy atom. The number of nitrogens with one attached hydrogen (secondary N) is 1. The quantitative estimate of drug-likeness (QED) is 0.405. The third-order valence-electron chi connectivity index (χ3n) is 5.28. The number of sulfonamides is 1. The molecule has 0 saturated heterocycles. The molecule has 0 aliphatic rings. The Labute approximate surface area is 210 Å². The Morgan fingerprint density at radius 3 is 2.47 bits per heavy atom. The summed E-state index contributed by atoms with van der Waals surface area (Å²) in [7, 11) is -2.23. The molecule has 0 aliphatic heterocycles. The number of nitrogens with zero attached hydrogens (tertiary/aromatic N) is 2. The standard InChI is InChI=1S/C24H32BrN3O5S/c1-5-6-14-26-24(30)18(2)27(16-19-10-9-11-20(15-19)33-3)23(29)17-28(34(4,31)32)22-13-8-7-12-21(22)25/h7-13,15,18H,5-6,14,16-17H2,1-4H3,(H,26,30)/t18-/m0/s1. The van der Waals surface area contributed by atoms with Gasteiger partial charge in [-0.3, -0.25) is 13.9 Å². The first-order valence-corrected chi connectivity index (χ1v) is 13.6. The molecule has 1 atom stereocenters. The molecule has 0 bridgehead atoms. The molecule has 2 amide bonds. The molecule has 2 rings (SSSR count). The lowest BCUT2D eigenvalue weighted by molar-refractivity contribution is -0.139. The predicted molar refractivity (Wildman–Crippen MR) is 137 cm³/mol. The Bertz CT molecular complexity index is 1090. The Hall–Kier alpha value is -2.59. The van der Waals surface area contributed by atoms with Crippen molar-refractivity contribution in [3.63, 3.8) is 0 Å². The van der Waals surface area contributed by atoms with Gasteiger partial charge in [-0.05, 0) is 59.1 Å². The van der Waals surface area contributed by atoms with Crippen LogP contribution in [0.5, 0.6) is 5.75 Å². The first kappa shape index (κ1) is 27.7. The maximum atomic E-state index is 13.5. The first-order chi connectivity index (χ1) is 16.1. The van der Waals surface area contributed by atoms with Crippen LogP contribution in [0.2, 0.25) is 0 Å². The highest BCUT2D eigenvalue weighted by molar-refractivity contribution is 9.10. The summed E-state index contributed by atoms with van der Waals surface area (Å²) in [4.78, 5) is 27.7. The molecule has 0 spiro atoms. The van der Waals surface area contributed by atoms with Crippen LogP contribution in [0.25, 0.3) is 0 Å². The molecule has 0 aliphatic carbocycles. The number of para-hydroxylation sites is 1. The van der Waals surface area contributed by atoms with Crippen molar-refractivity contribution in [1.82, 2.24) is 10.2 Å². The minimum Gasteiger partial charge on any atom is -0.497 e. The Balaban J connectivity index is 2.37. The molecule has 2 aromatic rings. The van der Waals surface area contributed by atoms with E-state index in [1.54, 1.807) is 56.5 Å². The van der Waals surface area contributed by atoms with Gasteiger partial charge in [0.2, 0.25) is 21.8 Å². The van der Waals surface area contributed by atoms with Gasteiger partial charge in [0.25, 0.3) is 0 Å². The molecule has 1 N–H and O–H groups in total. The van der Waals surface area contributed by atoms with Gasteiger partial charge in [0.15, 0.2) is 0 Å². The van der Waals surface area contributed by atoms with Gasteiger partial charge >= 0.3 is 0 Å². The lowest BCUT2D eigenvalue weighted by Crippen LogP contribution is -2.51. The van der Waals surface area contributed by atoms with E-state index in [2.05, 4.69) is 21.2 Å². The summed E-state index contributed by atoms with van der Waals surface area (Å²) in [6.45, 7) is 3.84. The number of unbranched alkanes of at least 4 members (excludes halogenated alkanes) is 1. The third kappa shape index (κ3) is 7.73. The highest BCUT2D eigenvalue weighted by Crippen LogP contribution is 2.28. The number of hydrogen-bond donors (Lipinski definition) is 1. The number of benzene rings is 2. The van der Waals surface area contributed by atoms with E-state index in [0.29, 0.717) is 22.5 Å². The highest BCUT2D eigenvalue weighted by Gasteiger charge is 2.30. The van der Waals surface area contributed by atoms with Gasteiger partial charge in [-0.25, -0.2) is 8.42 Å². The molecule has 0 heterocycles. The number of anilines is 1. The fraction of sp³-hybridized carbons (Fsp3) is 0.417. The average Bonchev–Trinajstić information content (AvgIpc) is 2.80. The smallest absolute Gasteiger partial charge is 0.244 e. The molecule has 0 saturated carbocycles. The summed E-state index contributed by atoms with van der Waals surface area (Å²) >= 11 is 3.36. The van der Waals surface area contributed by atoms with Gasteiger partial charge in [-0.15, -0.1) is 0 Å². The topological polar surface area (TPSA) is 96.0 Å². The number of rotatable bonds is 12. The summed E-state index contributed by atoms with van der Waals surface area (Å²) in [5.41, 5.74) is 1.10. The van der Waals surface area contributed by atoms with Crippen LogP contribution >= 0.6 is 15.9 Å². The molecule has 186 valence electrons. The fourth-order valence-electron chi connectivity index (χ4n) is 3.33. The van der Waals surface area contributed by atoms with Crippen LogP contribution in [0, 0.1) is 0 Å². The SMILES string of the molecule is CCCCNC(=O)[C@H](C)N(Cc1cccc(OC)c1)C(=O)CN(c1ccccc1Br)S(C)(=O)=O. The van der Waals surface area contributed by atoms with Crippen LogP contribution in [0.3, 0.4) is 0 Å². The van der Waals surface area contributed by atoms with Gasteiger partial charge < -0.3 is 15.0 Å². The normalized spacial score (nSPS) is 12.0. The van der Waals surface area contributed by atoms with Crippen molar-refractivity contribution in [3.05, 3.63) is 58.6 Å². The number of hydrogen-bond acceptors (Lipinski definition) is 5. The van der Waals surface area contributed by atoms with Crippen molar-refractivity contribution in [3.8, 4) is 5.75 Å². The van der Waals surface area contributed by atoms with E-state index in [4.69, 9.17) is 4.74 Å². The van der Waals surface area contributed by atoms with E-state index in [9.17, 15) is 18.0 Å². The monoisotopic (exact) mass is 553 g/mol. The van der Waals surface area contributed by atoms with Gasteiger partial charge in [-0.1, -0.05) is 37.6 Å². The number of carbonyl (C=O) groups excluding carboxylic acids is 2. The van der Waals surface area contributed by atoms with E-state index in [1.165, 1.54) is 4.90 Å². The number of amides is 2. The lowest BCUT2D eigenvalue weighted by Gasteiger charge is -2.31. The van der Waals surface area contributed by atoms with Crippen LogP contribution in [-0.2, 0) is 26.2 Å². The zero-order chi connectivity index (χ0) is 25.3. The van der Waals surface area contributed by atoms with Crippen LogP contribution in [0.4, 0.5) is 5.69 Å². The lowest BCUT2D eigenvalue weighted by atomic mass is 10.1. The molecular formula is C24H32BrN3O5S. The van der Waals surface area contributed by atoms with Crippen molar-refractivity contribution in [2.24, 2.45) is 0 Å². The molecule has 0 unspecified atom stereocenters. The van der Waals surface area contributed by atoms with Crippen LogP contribution < -0.4 is 14.4 Å². The summed E-state index contributed by atoms with van der Waals surface area (Å²) in [6.07, 6.45) is 2.80. The molecule has 8 nitrogen and oxygen atoms in total. The summed E-state index contributed by atoms with van der Waals surface area (Å²) in [6, 6.07) is 13.2. The Kier molecular flexibility index (Phi) is 10.4. The highest BCUT2D eigenvalue weighted by atomic mass is 79.9. The zero-order valence-corrected chi connectivity index (χ0v) is 22.4. The minimum atomic E-state index is -3.78. The van der Waals surface area contributed by atoms with E-state index in [1.807, 2.05) is 13.0 Å². The zero-order valence-electron chi connectivity index (χ0n) is 20.0. The van der Waals surface area contributed by atoms with Gasteiger partial charge in [0.05, 0.1) is 19.1 Å². The van der Waals surface area contributed by atoms with Crippen molar-refractivity contribution >= 4 is 43.5 Å². The molecule has 34 heavy (non-hydrogen) atoms. The summed E-state index contributed by atoms with van der Waals surface area (Å²) in [5.74, 6) is -0.172. The van der Waals surface area contributed by atoms with Crippen molar-refractivity contribution in [1.29, 1.82) is 0 Å². The van der Waals surface area contributed by atoms with Crippen molar-refractivity contribution in [2.75, 3.05) is 30.8 Å². The minimum absolute atomic E-state index is 0.117. The second kappa shape index (κ2) is 12.8. The molecule has 0 fully saturated rings. The van der Waals surface area contributed by atoms with Gasteiger partial charge in [-0.2, -0.15) is 0 Å². The van der Waals surface area contributed by atoms with Crippen molar-refractivity contribution < 1.29 is 22.7 Å². The molecule has 0 aromatic heterocycles. The fourth-order valence-corrected chi connectivity index (χ4v) is 4.81. The average molecular weight is 555 g/mol. The number of halogens is 1. The molecule has 2 aromatic carbocycles. The van der Waals surface area contributed by atoms with E-state index in [0.717, 1.165) is 29.0 Å². The van der Waals surface area contributed by atoms with E-state index in [-0.39, 0.29) is 12.5 Å². The maximum absolute atomic E-state index is 13.5. The summed E-state index contributed by atoms with van der Waals surface area (Å²) < 4.78 is 32.1. The number of methoxy groups -OCH3 is 1. The van der Waals surface area contributed by atoms with E-state index < -0.39 is 28.5 Å². The van der Waals surface area contributed by atoms with Crippen LogP contribution in [0.1, 0.15) is 32.3 Å². The predicted octanol–water partition coefficient (Wildman–Crippen LogP) is 3.56. The second-order valence-electron chi connectivity index (χ2n) is 7.91. The Morgan fingerprint density at radius 2 is 1.85 bits per heavy atom. The molecule has 0 radical (unpaired) electrons. The first-order valence-electron chi connectivity index (χ1n) is 11.0. The van der Waals surface area contributed by atoms with E-state index >= 15 is 0 Å².